The Morgan fingerprint density at radius 3 is 2.49 bits per heavy atom. The molecule has 8 nitrogen and oxygen atoms in total. The lowest BCUT2D eigenvalue weighted by molar-refractivity contribution is -0.126. The first-order valence-electron chi connectivity index (χ1n) is 12.0. The number of hydrogen-bond acceptors (Lipinski definition) is 6. The van der Waals surface area contributed by atoms with Gasteiger partial charge in [-0.3, -0.25) is 14.6 Å². The molecule has 0 aliphatic carbocycles. The van der Waals surface area contributed by atoms with Gasteiger partial charge in [0.05, 0.1) is 18.8 Å². The number of unbranched alkanes of at least 4 members (excludes halogenated alkanes) is 1. The average molecular weight is 476 g/mol. The number of nitrogens with one attached hydrogen (secondary N) is 3. The molecule has 0 aliphatic rings. The number of para-hydroxylation sites is 1. The van der Waals surface area contributed by atoms with Crippen molar-refractivity contribution in [2.45, 2.75) is 52.0 Å². The van der Waals surface area contributed by atoms with Gasteiger partial charge < -0.3 is 20.7 Å². The molecule has 1 atom stereocenters. The number of rotatable bonds is 13. The third kappa shape index (κ3) is 8.73. The zero-order valence-electron chi connectivity index (χ0n) is 20.3. The normalized spacial score (nSPS) is 11.4. The summed E-state index contributed by atoms with van der Waals surface area (Å²) in [5.41, 5.74) is 0.795. The Kier molecular flexibility index (Phi) is 10.0. The van der Waals surface area contributed by atoms with Crippen LogP contribution in [-0.2, 0) is 16.0 Å². The molecule has 0 saturated carbocycles. The van der Waals surface area contributed by atoms with Crippen molar-refractivity contribution in [3.05, 3.63) is 72.6 Å². The summed E-state index contributed by atoms with van der Waals surface area (Å²) in [6, 6.07) is 16.2. The van der Waals surface area contributed by atoms with E-state index in [9.17, 15) is 9.59 Å². The highest BCUT2D eigenvalue weighted by Crippen LogP contribution is 2.22. The van der Waals surface area contributed by atoms with Crippen LogP contribution < -0.4 is 20.7 Å². The molecule has 0 fully saturated rings. The van der Waals surface area contributed by atoms with Crippen molar-refractivity contribution in [3.63, 3.8) is 0 Å². The van der Waals surface area contributed by atoms with Crippen LogP contribution in [0, 0.1) is 0 Å². The van der Waals surface area contributed by atoms with Gasteiger partial charge in [-0.15, -0.1) is 0 Å². The molecule has 1 aromatic heterocycles. The number of ether oxygens (including phenoxy) is 1. The van der Waals surface area contributed by atoms with E-state index in [0.717, 1.165) is 37.1 Å². The predicted molar refractivity (Wildman–Crippen MR) is 138 cm³/mol. The maximum absolute atomic E-state index is 12.9. The van der Waals surface area contributed by atoms with E-state index in [0.29, 0.717) is 23.8 Å². The fraction of sp³-hybridized carbons (Fsp3) is 0.333. The highest BCUT2D eigenvalue weighted by Gasteiger charge is 2.21. The van der Waals surface area contributed by atoms with E-state index in [1.54, 1.807) is 6.20 Å². The van der Waals surface area contributed by atoms with E-state index in [1.165, 1.54) is 6.20 Å². The minimum Gasteiger partial charge on any atom is -0.457 e. The van der Waals surface area contributed by atoms with Gasteiger partial charge >= 0.3 is 0 Å². The minimum absolute atomic E-state index is 0.135. The van der Waals surface area contributed by atoms with E-state index in [2.05, 4.69) is 32.8 Å². The molecule has 1 unspecified atom stereocenters. The van der Waals surface area contributed by atoms with Crippen LogP contribution in [0.3, 0.4) is 0 Å². The van der Waals surface area contributed by atoms with Crippen LogP contribution >= 0.6 is 0 Å². The molecule has 8 heteroatoms. The van der Waals surface area contributed by atoms with Gasteiger partial charge in [0.25, 0.3) is 0 Å². The third-order valence-electron chi connectivity index (χ3n) is 5.19. The van der Waals surface area contributed by atoms with Crippen LogP contribution in [0.2, 0.25) is 0 Å². The number of hydrogen-bond donors (Lipinski definition) is 3. The Morgan fingerprint density at radius 2 is 1.71 bits per heavy atom. The molecule has 0 saturated heterocycles. The van der Waals surface area contributed by atoms with Gasteiger partial charge in [-0.25, -0.2) is 4.98 Å². The zero-order chi connectivity index (χ0) is 24.9. The van der Waals surface area contributed by atoms with Crippen LogP contribution in [0.15, 0.2) is 67.0 Å². The van der Waals surface area contributed by atoms with Crippen molar-refractivity contribution >= 4 is 23.5 Å². The summed E-state index contributed by atoms with van der Waals surface area (Å²) in [7, 11) is 0. The molecule has 2 aromatic carbocycles. The fourth-order valence-corrected chi connectivity index (χ4v) is 3.45. The maximum Gasteiger partial charge on any atom is 0.248 e. The Bertz CT molecular complexity index is 1090. The number of nitrogens with zero attached hydrogens (tertiary/aromatic N) is 2. The van der Waals surface area contributed by atoms with Crippen LogP contribution in [0.4, 0.5) is 11.6 Å². The molecular weight excluding hydrogens is 442 g/mol. The van der Waals surface area contributed by atoms with E-state index in [4.69, 9.17) is 4.74 Å². The van der Waals surface area contributed by atoms with E-state index in [-0.39, 0.29) is 18.2 Å². The van der Waals surface area contributed by atoms with E-state index in [1.807, 2.05) is 61.5 Å². The lowest BCUT2D eigenvalue weighted by Crippen LogP contribution is -2.44. The molecule has 184 valence electrons. The highest BCUT2D eigenvalue weighted by atomic mass is 16.5. The molecule has 0 aliphatic heterocycles. The van der Waals surface area contributed by atoms with Crippen LogP contribution in [0.25, 0.3) is 0 Å². The molecule has 2 amide bonds. The van der Waals surface area contributed by atoms with Crippen molar-refractivity contribution in [3.8, 4) is 11.5 Å². The molecule has 0 spiro atoms. The van der Waals surface area contributed by atoms with Gasteiger partial charge in [-0.2, -0.15) is 0 Å². The molecule has 3 rings (SSSR count). The summed E-state index contributed by atoms with van der Waals surface area (Å²) < 4.78 is 5.85. The van der Waals surface area contributed by atoms with E-state index < -0.39 is 6.04 Å². The number of anilines is 2. The molecule has 3 aromatic rings. The zero-order valence-corrected chi connectivity index (χ0v) is 20.3. The van der Waals surface area contributed by atoms with Crippen LogP contribution in [-0.4, -0.2) is 34.4 Å². The summed E-state index contributed by atoms with van der Waals surface area (Å²) in [5.74, 6) is 1.76. The van der Waals surface area contributed by atoms with E-state index >= 15 is 0 Å². The molecule has 1 heterocycles. The van der Waals surface area contributed by atoms with Gasteiger partial charge in [0.1, 0.15) is 23.4 Å². The van der Waals surface area contributed by atoms with Crippen molar-refractivity contribution in [2.24, 2.45) is 0 Å². The Balaban J connectivity index is 1.57. The molecule has 0 radical (unpaired) electrons. The van der Waals surface area contributed by atoms with Crippen molar-refractivity contribution in [1.29, 1.82) is 0 Å². The largest absolute Gasteiger partial charge is 0.457 e. The van der Waals surface area contributed by atoms with Gasteiger partial charge in [0, 0.05) is 6.54 Å². The van der Waals surface area contributed by atoms with Crippen molar-refractivity contribution in [1.82, 2.24) is 15.3 Å². The van der Waals surface area contributed by atoms with Gasteiger partial charge in [0.2, 0.25) is 11.8 Å². The standard InChI is InChI=1S/C27H33N5O3/c1-3-5-15-29-24-18-28-19-25(31-24)32-27(34)23(10-4-2)30-26(33)17-20-11-9-14-22(16-20)35-21-12-7-6-8-13-21/h6-9,11-14,16,18-19,23H,3-5,10,15,17H2,1-2H3,(H,30,33)(H2,29,31,32,34). The monoisotopic (exact) mass is 475 g/mol. The minimum atomic E-state index is -0.672. The first kappa shape index (κ1) is 25.7. The Labute approximate surface area is 206 Å². The maximum atomic E-state index is 12.9. The number of carbonyl (C=O) groups excluding carboxylic acids is 2. The summed E-state index contributed by atoms with van der Waals surface area (Å²) >= 11 is 0. The second kappa shape index (κ2) is 13.7. The van der Waals surface area contributed by atoms with Crippen molar-refractivity contribution in [2.75, 3.05) is 17.2 Å². The van der Waals surface area contributed by atoms with Crippen molar-refractivity contribution < 1.29 is 14.3 Å². The SMILES string of the molecule is CCCCNc1cncc(NC(=O)C(CCC)NC(=O)Cc2cccc(Oc3ccccc3)c2)n1. The quantitative estimate of drug-likeness (QED) is 0.302. The van der Waals surface area contributed by atoms with Gasteiger partial charge in [-0.1, -0.05) is 57.0 Å². The number of amides is 2. The lowest BCUT2D eigenvalue weighted by atomic mass is 10.1. The highest BCUT2D eigenvalue weighted by molar-refractivity contribution is 5.96. The molecular formula is C27H33N5O3. The van der Waals surface area contributed by atoms with Crippen LogP contribution in [0.5, 0.6) is 11.5 Å². The Hall–Kier alpha value is -3.94. The molecule has 3 N–H and O–H groups in total. The second-order valence-corrected chi connectivity index (χ2v) is 8.21. The van der Waals surface area contributed by atoms with Gasteiger partial charge in [-0.05, 0) is 42.7 Å². The van der Waals surface area contributed by atoms with Crippen LogP contribution in [0.1, 0.15) is 45.1 Å². The topological polar surface area (TPSA) is 105 Å². The Morgan fingerprint density at radius 1 is 0.943 bits per heavy atom. The summed E-state index contributed by atoms with van der Waals surface area (Å²) in [6.45, 7) is 4.87. The number of benzene rings is 2. The first-order chi connectivity index (χ1) is 17.1. The first-order valence-corrected chi connectivity index (χ1v) is 12.0. The second-order valence-electron chi connectivity index (χ2n) is 8.21. The summed E-state index contributed by atoms with van der Waals surface area (Å²) in [5, 5.41) is 8.82. The summed E-state index contributed by atoms with van der Waals surface area (Å²) in [6.07, 6.45) is 6.58. The average Bonchev–Trinajstić information content (AvgIpc) is 2.85. The fourth-order valence-electron chi connectivity index (χ4n) is 3.45. The number of aromatic nitrogens is 2. The molecule has 35 heavy (non-hydrogen) atoms. The lowest BCUT2D eigenvalue weighted by Gasteiger charge is -2.18. The number of carbonyl (C=O) groups is 2. The van der Waals surface area contributed by atoms with Gasteiger partial charge in [0.15, 0.2) is 5.82 Å². The smallest absolute Gasteiger partial charge is 0.248 e. The molecule has 0 bridgehead atoms. The summed E-state index contributed by atoms with van der Waals surface area (Å²) in [4.78, 5) is 34.2. The third-order valence-corrected chi connectivity index (χ3v) is 5.19. The predicted octanol–water partition coefficient (Wildman–Crippen LogP) is 4.95.